The lowest BCUT2D eigenvalue weighted by Gasteiger charge is -2.27. The molecule has 0 aromatic carbocycles. The zero-order valence-electron chi connectivity index (χ0n) is 13.9. The van der Waals surface area contributed by atoms with Crippen molar-refractivity contribution in [1.82, 2.24) is 10.2 Å². The number of rotatable bonds is 7. The lowest BCUT2D eigenvalue weighted by atomic mass is 10.0. The fourth-order valence-electron chi connectivity index (χ4n) is 2.89. The Labute approximate surface area is 141 Å². The average Bonchev–Trinajstić information content (AvgIpc) is 2.98. The van der Waals surface area contributed by atoms with E-state index < -0.39 is 0 Å². The van der Waals surface area contributed by atoms with Gasteiger partial charge in [0.25, 0.3) is 0 Å². The van der Waals surface area contributed by atoms with Gasteiger partial charge < -0.3 is 15.3 Å². The molecule has 2 N–H and O–H groups in total. The fraction of sp³-hybridized carbons (Fsp3) is 0.647. The Morgan fingerprint density at radius 1 is 1.39 bits per heavy atom. The monoisotopic (exact) mass is 338 g/mol. The van der Waals surface area contributed by atoms with Crippen molar-refractivity contribution in [3.63, 3.8) is 0 Å². The molecule has 23 heavy (non-hydrogen) atoms. The average molecular weight is 338 g/mol. The second kappa shape index (κ2) is 8.45. The maximum Gasteiger partial charge on any atom is 0.223 e. The summed E-state index contributed by atoms with van der Waals surface area (Å²) < 4.78 is 0. The Balaban J connectivity index is 1.75. The summed E-state index contributed by atoms with van der Waals surface area (Å²) in [6.45, 7) is 5.43. The van der Waals surface area contributed by atoms with Gasteiger partial charge in [0.15, 0.2) is 0 Å². The van der Waals surface area contributed by atoms with Gasteiger partial charge in [-0.15, -0.1) is 11.3 Å². The van der Waals surface area contributed by atoms with Crippen LogP contribution in [-0.2, 0) is 22.6 Å². The van der Waals surface area contributed by atoms with Gasteiger partial charge in [0.05, 0.1) is 12.6 Å². The predicted octanol–water partition coefficient (Wildman–Crippen LogP) is 1.94. The molecular formula is C17H26N2O3S. The number of nitrogens with one attached hydrogen (secondary N) is 1. The molecule has 1 aromatic rings. The number of thiophene rings is 1. The first-order chi connectivity index (χ1) is 11.0. The SMILES string of the molecule is CC(C)CC(CO)NC(=O)CCC(=O)N1CCc2sccc2C1. The van der Waals surface area contributed by atoms with Crippen molar-refractivity contribution in [3.8, 4) is 0 Å². The van der Waals surface area contributed by atoms with Crippen LogP contribution in [0.3, 0.4) is 0 Å². The molecule has 1 unspecified atom stereocenters. The normalized spacial score (nSPS) is 15.4. The van der Waals surface area contributed by atoms with E-state index in [9.17, 15) is 14.7 Å². The van der Waals surface area contributed by atoms with Crippen molar-refractivity contribution in [2.75, 3.05) is 13.2 Å². The summed E-state index contributed by atoms with van der Waals surface area (Å²) in [5.41, 5.74) is 1.23. The Hall–Kier alpha value is -1.40. The third kappa shape index (κ3) is 5.32. The molecule has 0 bridgehead atoms. The van der Waals surface area contributed by atoms with Gasteiger partial charge in [-0.25, -0.2) is 0 Å². The van der Waals surface area contributed by atoms with Crippen LogP contribution >= 0.6 is 11.3 Å². The van der Waals surface area contributed by atoms with E-state index in [0.29, 0.717) is 12.5 Å². The first kappa shape index (κ1) is 17.9. The van der Waals surface area contributed by atoms with Crippen molar-refractivity contribution in [2.45, 2.75) is 52.1 Å². The van der Waals surface area contributed by atoms with Gasteiger partial charge in [-0.3, -0.25) is 9.59 Å². The first-order valence-corrected chi connectivity index (χ1v) is 9.10. The Kier molecular flexibility index (Phi) is 6.59. The maximum absolute atomic E-state index is 12.3. The molecule has 0 radical (unpaired) electrons. The van der Waals surface area contributed by atoms with Gasteiger partial charge >= 0.3 is 0 Å². The summed E-state index contributed by atoms with van der Waals surface area (Å²) in [5.74, 6) is 0.273. The molecule has 128 valence electrons. The van der Waals surface area contributed by atoms with Crippen LogP contribution in [-0.4, -0.2) is 41.0 Å². The molecule has 1 aliphatic rings. The van der Waals surface area contributed by atoms with E-state index in [1.165, 1.54) is 10.4 Å². The second-order valence-electron chi connectivity index (χ2n) is 6.51. The van der Waals surface area contributed by atoms with E-state index >= 15 is 0 Å². The van der Waals surface area contributed by atoms with Crippen LogP contribution in [0.15, 0.2) is 11.4 Å². The number of aliphatic hydroxyl groups excluding tert-OH is 1. The van der Waals surface area contributed by atoms with Gasteiger partial charge in [0.2, 0.25) is 11.8 Å². The second-order valence-corrected chi connectivity index (χ2v) is 7.51. The van der Waals surface area contributed by atoms with Crippen molar-refractivity contribution in [2.24, 2.45) is 5.92 Å². The smallest absolute Gasteiger partial charge is 0.223 e. The molecule has 0 fully saturated rings. The van der Waals surface area contributed by atoms with E-state index in [-0.39, 0.29) is 37.3 Å². The quantitative estimate of drug-likeness (QED) is 0.798. The molecule has 0 aliphatic carbocycles. The third-order valence-corrected chi connectivity index (χ3v) is 5.09. The lowest BCUT2D eigenvalue weighted by Crippen LogP contribution is -2.40. The van der Waals surface area contributed by atoms with E-state index in [4.69, 9.17) is 0 Å². The van der Waals surface area contributed by atoms with E-state index in [2.05, 4.69) is 16.8 Å². The summed E-state index contributed by atoms with van der Waals surface area (Å²) in [4.78, 5) is 27.4. The van der Waals surface area contributed by atoms with Gasteiger partial charge in [0, 0.05) is 30.8 Å². The first-order valence-electron chi connectivity index (χ1n) is 8.22. The molecule has 0 saturated carbocycles. The van der Waals surface area contributed by atoms with Crippen LogP contribution in [0.1, 0.15) is 43.6 Å². The highest BCUT2D eigenvalue weighted by Gasteiger charge is 2.22. The van der Waals surface area contributed by atoms with Crippen LogP contribution < -0.4 is 5.32 Å². The number of aliphatic hydroxyl groups is 1. The molecule has 2 rings (SSSR count). The Bertz CT molecular complexity index is 542. The minimum atomic E-state index is -0.221. The summed E-state index contributed by atoms with van der Waals surface area (Å²) in [5, 5.41) is 14.2. The largest absolute Gasteiger partial charge is 0.394 e. The number of hydrogen-bond donors (Lipinski definition) is 2. The summed E-state index contributed by atoms with van der Waals surface area (Å²) in [6, 6.07) is 1.85. The summed E-state index contributed by atoms with van der Waals surface area (Å²) >= 11 is 1.75. The van der Waals surface area contributed by atoms with Crippen molar-refractivity contribution in [1.29, 1.82) is 0 Å². The van der Waals surface area contributed by atoms with Crippen molar-refractivity contribution in [3.05, 3.63) is 21.9 Å². The van der Waals surface area contributed by atoms with Crippen LogP contribution in [0, 0.1) is 5.92 Å². The van der Waals surface area contributed by atoms with Crippen LogP contribution in [0.2, 0.25) is 0 Å². The molecule has 2 heterocycles. The van der Waals surface area contributed by atoms with Crippen LogP contribution in [0.25, 0.3) is 0 Å². The highest BCUT2D eigenvalue weighted by molar-refractivity contribution is 7.10. The molecule has 1 aromatic heterocycles. The lowest BCUT2D eigenvalue weighted by molar-refractivity contribution is -0.134. The number of fused-ring (bicyclic) bond motifs is 1. The number of carbonyl (C=O) groups excluding carboxylic acids is 2. The molecule has 1 aliphatic heterocycles. The van der Waals surface area contributed by atoms with E-state index in [0.717, 1.165) is 19.4 Å². The number of amides is 2. The Morgan fingerprint density at radius 2 is 2.17 bits per heavy atom. The minimum absolute atomic E-state index is 0.0291. The molecule has 2 amide bonds. The van der Waals surface area contributed by atoms with Gasteiger partial charge in [-0.1, -0.05) is 13.8 Å². The fourth-order valence-corrected chi connectivity index (χ4v) is 3.78. The topological polar surface area (TPSA) is 69.6 Å². The highest BCUT2D eigenvalue weighted by atomic mass is 32.1. The van der Waals surface area contributed by atoms with Crippen LogP contribution in [0.4, 0.5) is 0 Å². The summed E-state index contributed by atoms with van der Waals surface area (Å²) in [6.07, 6.45) is 2.06. The molecule has 0 spiro atoms. The van der Waals surface area contributed by atoms with E-state index in [1.54, 1.807) is 11.3 Å². The minimum Gasteiger partial charge on any atom is -0.394 e. The zero-order valence-corrected chi connectivity index (χ0v) is 14.7. The molecule has 0 saturated heterocycles. The van der Waals surface area contributed by atoms with Crippen molar-refractivity contribution >= 4 is 23.2 Å². The maximum atomic E-state index is 12.3. The third-order valence-electron chi connectivity index (χ3n) is 4.07. The number of hydrogen-bond acceptors (Lipinski definition) is 4. The van der Waals surface area contributed by atoms with Crippen LogP contribution in [0.5, 0.6) is 0 Å². The summed E-state index contributed by atoms with van der Waals surface area (Å²) in [7, 11) is 0. The van der Waals surface area contributed by atoms with E-state index in [1.807, 2.05) is 18.7 Å². The Morgan fingerprint density at radius 3 is 2.87 bits per heavy atom. The van der Waals surface area contributed by atoms with Gasteiger partial charge in [-0.05, 0) is 35.8 Å². The predicted molar refractivity (Wildman–Crippen MR) is 91.1 cm³/mol. The standard InChI is InChI=1S/C17H26N2O3S/c1-12(2)9-14(11-20)18-16(21)3-4-17(22)19-7-5-15-13(10-19)6-8-23-15/h6,8,12,14,20H,3-5,7,9-11H2,1-2H3,(H,18,21). The molecule has 6 heteroatoms. The number of carbonyl (C=O) groups is 2. The molecule has 1 atom stereocenters. The van der Waals surface area contributed by atoms with Gasteiger partial charge in [0.1, 0.15) is 0 Å². The zero-order chi connectivity index (χ0) is 16.8. The van der Waals surface area contributed by atoms with Gasteiger partial charge in [-0.2, -0.15) is 0 Å². The molecular weight excluding hydrogens is 312 g/mol. The van der Waals surface area contributed by atoms with Crippen molar-refractivity contribution < 1.29 is 14.7 Å². The highest BCUT2D eigenvalue weighted by Crippen LogP contribution is 2.24. The number of nitrogens with zero attached hydrogens (tertiary/aromatic N) is 1. The molecule has 5 nitrogen and oxygen atoms in total.